The molecule has 0 radical (unpaired) electrons. The Balaban J connectivity index is 2.14. The van der Waals surface area contributed by atoms with Crippen molar-refractivity contribution in [2.75, 3.05) is 12.5 Å². The molecule has 7 nitrogen and oxygen atoms in total. The lowest BCUT2D eigenvalue weighted by molar-refractivity contribution is -0.129. The number of carbonyl (C=O) groups excluding carboxylic acids is 3. The topological polar surface area (TPSA) is 105 Å². The van der Waals surface area contributed by atoms with E-state index in [4.69, 9.17) is 0 Å². The zero-order valence-corrected chi connectivity index (χ0v) is 17.4. The van der Waals surface area contributed by atoms with Gasteiger partial charge in [-0.05, 0) is 52.7 Å². The Morgan fingerprint density at radius 2 is 1.40 bits per heavy atom. The lowest BCUT2D eigenvalue weighted by Gasteiger charge is -2.31. The molecule has 0 aromatic heterocycles. The fourth-order valence-electron chi connectivity index (χ4n) is 3.70. The molecule has 2 aromatic carbocycles. The molecule has 4 amide bonds. The van der Waals surface area contributed by atoms with E-state index < -0.39 is 17.8 Å². The zero-order valence-electron chi connectivity index (χ0n) is 15.8. The number of benzene rings is 2. The maximum atomic E-state index is 13.2. The molecule has 0 spiro atoms. The van der Waals surface area contributed by atoms with E-state index in [1.165, 1.54) is 6.07 Å². The minimum atomic E-state index is -0.721. The molecule has 9 heteroatoms. The van der Waals surface area contributed by atoms with Gasteiger partial charge in [0.15, 0.2) is 0 Å². The van der Waals surface area contributed by atoms with Crippen LogP contribution in [0.4, 0.5) is 4.79 Å². The summed E-state index contributed by atoms with van der Waals surface area (Å²) in [4.78, 5) is 38.9. The first kappa shape index (κ1) is 19.8. The van der Waals surface area contributed by atoms with Gasteiger partial charge in [-0.15, -0.1) is 0 Å². The van der Waals surface area contributed by atoms with Gasteiger partial charge in [-0.3, -0.25) is 9.59 Å². The van der Waals surface area contributed by atoms with Gasteiger partial charge >= 0.3 is 6.03 Å². The summed E-state index contributed by atoms with van der Waals surface area (Å²) in [5, 5.41) is 19.1. The third-order valence-corrected chi connectivity index (χ3v) is 6.26. The van der Waals surface area contributed by atoms with Crippen molar-refractivity contribution < 1.29 is 14.4 Å². The Morgan fingerprint density at radius 1 is 0.800 bits per heavy atom. The van der Waals surface area contributed by atoms with Crippen LogP contribution >= 0.6 is 23.9 Å². The standard InChI is InChI=1S/C21H12N4O3S2/c1-29-24-19(26)18(20(27)25(30-2)21(24)28)17-14-6-4-3-5-13(14)16-12(10-23)7-11(9-22)8-15(16)17/h3-8H,1-2H3. The molecule has 1 fully saturated rings. The van der Waals surface area contributed by atoms with E-state index in [2.05, 4.69) is 6.07 Å². The highest BCUT2D eigenvalue weighted by Crippen LogP contribution is 2.49. The summed E-state index contributed by atoms with van der Waals surface area (Å²) in [6, 6.07) is 13.6. The van der Waals surface area contributed by atoms with Crippen LogP contribution in [-0.4, -0.2) is 39.0 Å². The first-order chi connectivity index (χ1) is 14.5. The summed E-state index contributed by atoms with van der Waals surface area (Å²) < 4.78 is 1.86. The number of carbonyl (C=O) groups is 3. The molecule has 4 rings (SSSR count). The molecule has 2 aliphatic rings. The summed E-state index contributed by atoms with van der Waals surface area (Å²) in [5.41, 5.74) is 3.01. The molecule has 146 valence electrons. The van der Waals surface area contributed by atoms with Gasteiger partial charge in [0.25, 0.3) is 11.8 Å². The van der Waals surface area contributed by atoms with Crippen LogP contribution in [0.25, 0.3) is 16.7 Å². The quantitative estimate of drug-likeness (QED) is 0.346. The summed E-state index contributed by atoms with van der Waals surface area (Å²) >= 11 is 1.82. The van der Waals surface area contributed by atoms with Gasteiger partial charge in [0.2, 0.25) is 0 Å². The highest BCUT2D eigenvalue weighted by atomic mass is 32.2. The van der Waals surface area contributed by atoms with Crippen LogP contribution in [0.3, 0.4) is 0 Å². The van der Waals surface area contributed by atoms with Crippen molar-refractivity contribution in [2.24, 2.45) is 0 Å². The summed E-state index contributed by atoms with van der Waals surface area (Å²) in [6.45, 7) is 0. The number of fused-ring (bicyclic) bond motifs is 3. The van der Waals surface area contributed by atoms with Crippen LogP contribution in [0, 0.1) is 22.7 Å². The van der Waals surface area contributed by atoms with E-state index in [1.54, 1.807) is 42.8 Å². The van der Waals surface area contributed by atoms with Gasteiger partial charge in [0.05, 0.1) is 23.3 Å². The Morgan fingerprint density at radius 3 is 1.93 bits per heavy atom. The monoisotopic (exact) mass is 432 g/mol. The van der Waals surface area contributed by atoms with E-state index in [0.717, 1.165) is 32.5 Å². The Bertz CT molecular complexity index is 1240. The fraction of sp³-hybridized carbons (Fsp3) is 0.0952. The average Bonchev–Trinajstić information content (AvgIpc) is 3.08. The maximum Gasteiger partial charge on any atom is 0.354 e. The van der Waals surface area contributed by atoms with Gasteiger partial charge in [0, 0.05) is 23.6 Å². The minimum absolute atomic E-state index is 0.163. The molecular weight excluding hydrogens is 420 g/mol. The first-order valence-corrected chi connectivity index (χ1v) is 11.0. The Labute approximate surface area is 180 Å². The van der Waals surface area contributed by atoms with E-state index in [9.17, 15) is 24.9 Å². The van der Waals surface area contributed by atoms with Crippen molar-refractivity contribution >= 4 is 47.3 Å². The van der Waals surface area contributed by atoms with Gasteiger partial charge in [0.1, 0.15) is 5.57 Å². The zero-order chi connectivity index (χ0) is 21.6. The van der Waals surface area contributed by atoms with Gasteiger partial charge in [-0.25, -0.2) is 4.79 Å². The molecule has 1 heterocycles. The molecule has 0 atom stereocenters. The van der Waals surface area contributed by atoms with Gasteiger partial charge in [-0.1, -0.05) is 24.3 Å². The number of imide groups is 2. The van der Waals surface area contributed by atoms with Crippen LogP contribution in [-0.2, 0) is 9.59 Å². The SMILES string of the molecule is CSN1C(=O)C(=C2c3ccccc3-c3c(C#N)cc(C#N)cc32)C(=O)N(SC)C1=O. The predicted molar refractivity (Wildman–Crippen MR) is 113 cm³/mol. The molecule has 1 aliphatic heterocycles. The molecule has 0 unspecified atom stereocenters. The molecule has 0 N–H and O–H groups in total. The minimum Gasteiger partial charge on any atom is -0.267 e. The molecule has 2 aromatic rings. The number of nitriles is 2. The molecule has 1 aliphatic carbocycles. The smallest absolute Gasteiger partial charge is 0.267 e. The van der Waals surface area contributed by atoms with E-state index in [-0.39, 0.29) is 16.7 Å². The maximum absolute atomic E-state index is 13.2. The van der Waals surface area contributed by atoms with Crippen molar-refractivity contribution in [3.05, 3.63) is 64.2 Å². The summed E-state index contributed by atoms with van der Waals surface area (Å²) in [6.07, 6.45) is 3.15. The number of barbiturate groups is 1. The van der Waals surface area contributed by atoms with E-state index in [1.807, 2.05) is 6.07 Å². The van der Waals surface area contributed by atoms with Crippen LogP contribution in [0.5, 0.6) is 0 Å². The van der Waals surface area contributed by atoms with Crippen LogP contribution in [0.1, 0.15) is 22.3 Å². The van der Waals surface area contributed by atoms with Crippen LogP contribution < -0.4 is 0 Å². The normalized spacial score (nSPS) is 15.1. The van der Waals surface area contributed by atoms with Crippen LogP contribution in [0.15, 0.2) is 42.0 Å². The van der Waals surface area contributed by atoms with Crippen molar-refractivity contribution in [1.29, 1.82) is 10.5 Å². The van der Waals surface area contributed by atoms with Gasteiger partial charge < -0.3 is 0 Å². The largest absolute Gasteiger partial charge is 0.354 e. The number of nitrogens with zero attached hydrogens (tertiary/aromatic N) is 4. The molecule has 0 bridgehead atoms. The lowest BCUT2D eigenvalue weighted by Crippen LogP contribution is -2.50. The van der Waals surface area contributed by atoms with Crippen molar-refractivity contribution in [2.45, 2.75) is 0 Å². The molecule has 0 saturated carbocycles. The number of rotatable bonds is 2. The second-order valence-corrected chi connectivity index (χ2v) is 7.77. The fourth-order valence-corrected chi connectivity index (χ4v) is 4.74. The molecule has 30 heavy (non-hydrogen) atoms. The van der Waals surface area contributed by atoms with Crippen molar-refractivity contribution in [1.82, 2.24) is 8.61 Å². The second kappa shape index (κ2) is 7.38. The predicted octanol–water partition coefficient (Wildman–Crippen LogP) is 3.56. The number of hydrogen-bond donors (Lipinski definition) is 0. The van der Waals surface area contributed by atoms with Gasteiger partial charge in [-0.2, -0.15) is 19.1 Å². The lowest BCUT2D eigenvalue weighted by atomic mass is 9.93. The Hall–Kier alpha value is -3.53. The summed E-state index contributed by atoms with van der Waals surface area (Å²) in [7, 11) is 0. The number of hydrogen-bond acceptors (Lipinski definition) is 7. The van der Waals surface area contributed by atoms with Crippen molar-refractivity contribution in [3.63, 3.8) is 0 Å². The summed E-state index contributed by atoms with van der Waals surface area (Å²) in [5.74, 6) is -1.44. The van der Waals surface area contributed by atoms with Crippen molar-refractivity contribution in [3.8, 4) is 23.3 Å². The van der Waals surface area contributed by atoms with E-state index >= 15 is 0 Å². The van der Waals surface area contributed by atoms with Crippen LogP contribution in [0.2, 0.25) is 0 Å². The highest BCUT2D eigenvalue weighted by molar-refractivity contribution is 7.98. The average molecular weight is 432 g/mol. The second-order valence-electron chi connectivity index (χ2n) is 6.31. The third-order valence-electron chi connectivity index (χ3n) is 4.88. The van der Waals surface area contributed by atoms with E-state index in [0.29, 0.717) is 27.8 Å². The molecular formula is C21H12N4O3S2. The third kappa shape index (κ3) is 2.64. The Kier molecular flexibility index (Phi) is 4.86. The highest BCUT2D eigenvalue weighted by Gasteiger charge is 2.45. The first-order valence-electron chi connectivity index (χ1n) is 8.62. The number of amides is 4. The molecule has 1 saturated heterocycles. The number of urea groups is 1.